The first-order valence-corrected chi connectivity index (χ1v) is 9.47. The Labute approximate surface area is 164 Å². The molecule has 3 rings (SSSR count). The number of hydrogen-bond acceptors (Lipinski definition) is 3. The van der Waals surface area contributed by atoms with Gasteiger partial charge in [0.1, 0.15) is 0 Å². The molecule has 1 heterocycles. The van der Waals surface area contributed by atoms with Gasteiger partial charge in [-0.1, -0.05) is 40.9 Å². The molecule has 138 valence electrons. The zero-order valence-corrected chi connectivity index (χ0v) is 16.6. The van der Waals surface area contributed by atoms with E-state index in [0.29, 0.717) is 22.3 Å². The number of amides is 1. The summed E-state index contributed by atoms with van der Waals surface area (Å²) in [6.45, 7) is 8.14. The molecule has 0 saturated carbocycles. The normalized spacial score (nSPS) is 15.2. The van der Waals surface area contributed by atoms with Gasteiger partial charge < -0.3 is 10.2 Å². The summed E-state index contributed by atoms with van der Waals surface area (Å²) in [4.78, 5) is 16.9. The van der Waals surface area contributed by atoms with E-state index in [1.165, 1.54) is 16.8 Å². The Bertz CT molecular complexity index is 802. The Morgan fingerprint density at radius 3 is 2.46 bits per heavy atom. The summed E-state index contributed by atoms with van der Waals surface area (Å²) in [6, 6.07) is 11.6. The zero-order valence-electron chi connectivity index (χ0n) is 15.1. The molecule has 2 aromatic carbocycles. The maximum Gasteiger partial charge on any atom is 0.238 e. The maximum atomic E-state index is 12.3. The number of rotatable bonds is 4. The van der Waals surface area contributed by atoms with Crippen molar-refractivity contribution >= 4 is 40.5 Å². The number of hydrogen-bond donors (Lipinski definition) is 1. The third-order valence-corrected chi connectivity index (χ3v) is 5.20. The van der Waals surface area contributed by atoms with Gasteiger partial charge in [0, 0.05) is 36.9 Å². The molecule has 0 bridgehead atoms. The smallest absolute Gasteiger partial charge is 0.238 e. The molecule has 0 aromatic heterocycles. The lowest BCUT2D eigenvalue weighted by Crippen LogP contribution is -2.48. The standard InChI is InChI=1S/C20H23Cl2N3O/c1-14-3-6-19(15(2)11-14)25-9-7-24(8-10-25)13-20(26)23-18-12-16(21)4-5-17(18)22/h3-6,11-12H,7-10,13H2,1-2H3,(H,23,26). The zero-order chi connectivity index (χ0) is 18.7. The topological polar surface area (TPSA) is 35.6 Å². The fourth-order valence-electron chi connectivity index (χ4n) is 3.29. The lowest BCUT2D eigenvalue weighted by atomic mass is 10.1. The predicted octanol–water partition coefficient (Wildman–Crippen LogP) is 4.37. The van der Waals surface area contributed by atoms with E-state index in [0.717, 1.165) is 26.2 Å². The Kier molecular flexibility index (Phi) is 6.07. The summed E-state index contributed by atoms with van der Waals surface area (Å²) in [7, 11) is 0. The summed E-state index contributed by atoms with van der Waals surface area (Å²) in [5.41, 5.74) is 4.41. The van der Waals surface area contributed by atoms with Crippen molar-refractivity contribution < 1.29 is 4.79 Å². The van der Waals surface area contributed by atoms with Crippen molar-refractivity contribution in [3.05, 3.63) is 57.6 Å². The molecule has 1 N–H and O–H groups in total. The fourth-order valence-corrected chi connectivity index (χ4v) is 3.63. The summed E-state index contributed by atoms with van der Waals surface area (Å²) >= 11 is 12.1. The molecule has 0 spiro atoms. The molecule has 0 radical (unpaired) electrons. The number of anilines is 2. The first kappa shape index (κ1) is 19.0. The van der Waals surface area contributed by atoms with Gasteiger partial charge in [0.05, 0.1) is 17.3 Å². The van der Waals surface area contributed by atoms with Crippen LogP contribution < -0.4 is 10.2 Å². The van der Waals surface area contributed by atoms with Crippen LogP contribution in [0.2, 0.25) is 10.0 Å². The van der Waals surface area contributed by atoms with Crippen molar-refractivity contribution in [2.45, 2.75) is 13.8 Å². The Morgan fingerprint density at radius 1 is 1.04 bits per heavy atom. The van der Waals surface area contributed by atoms with E-state index in [1.807, 2.05) is 0 Å². The van der Waals surface area contributed by atoms with Crippen molar-refractivity contribution in [1.82, 2.24) is 4.90 Å². The Balaban J connectivity index is 1.53. The highest BCUT2D eigenvalue weighted by Gasteiger charge is 2.20. The highest BCUT2D eigenvalue weighted by molar-refractivity contribution is 6.35. The predicted molar refractivity (Wildman–Crippen MR) is 110 cm³/mol. The summed E-state index contributed by atoms with van der Waals surface area (Å²) in [5.74, 6) is -0.0749. The number of piperazine rings is 1. The van der Waals surface area contributed by atoms with E-state index in [9.17, 15) is 4.79 Å². The molecule has 6 heteroatoms. The number of carbonyl (C=O) groups is 1. The molecule has 0 unspecified atom stereocenters. The van der Waals surface area contributed by atoms with Gasteiger partial charge in [-0.15, -0.1) is 0 Å². The number of benzene rings is 2. The average Bonchev–Trinajstić information content (AvgIpc) is 2.59. The minimum atomic E-state index is -0.0749. The van der Waals surface area contributed by atoms with E-state index < -0.39 is 0 Å². The summed E-state index contributed by atoms with van der Waals surface area (Å²) in [6.07, 6.45) is 0. The second-order valence-electron chi connectivity index (χ2n) is 6.73. The number of nitrogens with one attached hydrogen (secondary N) is 1. The third kappa shape index (κ3) is 4.70. The lowest BCUT2D eigenvalue weighted by Gasteiger charge is -2.36. The monoisotopic (exact) mass is 391 g/mol. The number of aryl methyl sites for hydroxylation is 2. The van der Waals surface area contributed by atoms with Crippen LogP contribution in [0.25, 0.3) is 0 Å². The van der Waals surface area contributed by atoms with Gasteiger partial charge in [-0.3, -0.25) is 9.69 Å². The van der Waals surface area contributed by atoms with Gasteiger partial charge in [-0.25, -0.2) is 0 Å². The number of nitrogens with zero attached hydrogens (tertiary/aromatic N) is 2. The van der Waals surface area contributed by atoms with Crippen LogP contribution in [0, 0.1) is 13.8 Å². The van der Waals surface area contributed by atoms with Gasteiger partial charge in [-0.2, -0.15) is 0 Å². The van der Waals surface area contributed by atoms with E-state index >= 15 is 0 Å². The quantitative estimate of drug-likeness (QED) is 0.839. The average molecular weight is 392 g/mol. The minimum absolute atomic E-state index is 0.0749. The van der Waals surface area contributed by atoms with Crippen LogP contribution in [0.3, 0.4) is 0 Å². The molecule has 4 nitrogen and oxygen atoms in total. The molecule has 2 aromatic rings. The number of halogens is 2. The summed E-state index contributed by atoms with van der Waals surface area (Å²) in [5, 5.41) is 3.88. The van der Waals surface area contributed by atoms with Crippen molar-refractivity contribution in [3.8, 4) is 0 Å². The molecule has 0 atom stereocenters. The Morgan fingerprint density at radius 2 is 1.77 bits per heavy atom. The molecular weight excluding hydrogens is 369 g/mol. The van der Waals surface area contributed by atoms with Crippen LogP contribution in [-0.2, 0) is 4.79 Å². The molecule has 1 amide bonds. The van der Waals surface area contributed by atoms with E-state index in [-0.39, 0.29) is 5.91 Å². The Hall–Kier alpha value is -1.75. The van der Waals surface area contributed by atoms with Crippen LogP contribution in [-0.4, -0.2) is 43.5 Å². The molecular formula is C20H23Cl2N3O. The lowest BCUT2D eigenvalue weighted by molar-refractivity contribution is -0.117. The minimum Gasteiger partial charge on any atom is -0.369 e. The van der Waals surface area contributed by atoms with E-state index in [4.69, 9.17) is 23.2 Å². The SMILES string of the molecule is Cc1ccc(N2CCN(CC(=O)Nc3cc(Cl)ccc3Cl)CC2)c(C)c1. The summed E-state index contributed by atoms with van der Waals surface area (Å²) < 4.78 is 0. The van der Waals surface area contributed by atoms with Crippen molar-refractivity contribution in [3.63, 3.8) is 0 Å². The molecule has 1 fully saturated rings. The highest BCUT2D eigenvalue weighted by atomic mass is 35.5. The van der Waals surface area contributed by atoms with Gasteiger partial charge in [0.15, 0.2) is 0 Å². The first-order chi connectivity index (χ1) is 12.4. The first-order valence-electron chi connectivity index (χ1n) is 8.72. The molecule has 1 aliphatic rings. The second-order valence-corrected chi connectivity index (χ2v) is 7.57. The third-order valence-electron chi connectivity index (χ3n) is 4.63. The molecule has 1 saturated heterocycles. The van der Waals surface area contributed by atoms with Gasteiger partial charge in [-0.05, 0) is 43.7 Å². The van der Waals surface area contributed by atoms with Crippen LogP contribution in [0.15, 0.2) is 36.4 Å². The van der Waals surface area contributed by atoms with Gasteiger partial charge in [0.25, 0.3) is 0 Å². The second kappa shape index (κ2) is 8.30. The van der Waals surface area contributed by atoms with Crippen molar-refractivity contribution in [2.75, 3.05) is 42.9 Å². The van der Waals surface area contributed by atoms with Gasteiger partial charge >= 0.3 is 0 Å². The van der Waals surface area contributed by atoms with Crippen molar-refractivity contribution in [1.29, 1.82) is 0 Å². The van der Waals surface area contributed by atoms with Crippen molar-refractivity contribution in [2.24, 2.45) is 0 Å². The van der Waals surface area contributed by atoms with Crippen LogP contribution >= 0.6 is 23.2 Å². The fraction of sp³-hybridized carbons (Fsp3) is 0.350. The van der Waals surface area contributed by atoms with E-state index in [2.05, 4.69) is 47.2 Å². The van der Waals surface area contributed by atoms with Crippen LogP contribution in [0.4, 0.5) is 11.4 Å². The van der Waals surface area contributed by atoms with Crippen LogP contribution in [0.1, 0.15) is 11.1 Å². The number of carbonyl (C=O) groups excluding carboxylic acids is 1. The van der Waals surface area contributed by atoms with E-state index in [1.54, 1.807) is 18.2 Å². The van der Waals surface area contributed by atoms with Crippen LogP contribution in [0.5, 0.6) is 0 Å². The van der Waals surface area contributed by atoms with Gasteiger partial charge in [0.2, 0.25) is 5.91 Å². The molecule has 1 aliphatic heterocycles. The molecule has 0 aliphatic carbocycles. The largest absolute Gasteiger partial charge is 0.369 e. The highest BCUT2D eigenvalue weighted by Crippen LogP contribution is 2.25. The maximum absolute atomic E-state index is 12.3. The molecule has 26 heavy (non-hydrogen) atoms.